The normalized spacial score (nSPS) is 12.1. The van der Waals surface area contributed by atoms with Crippen molar-refractivity contribution >= 4 is 48.4 Å². The third-order valence-corrected chi connectivity index (χ3v) is 5.70. The highest BCUT2D eigenvalue weighted by Gasteiger charge is 2.20. The summed E-state index contributed by atoms with van der Waals surface area (Å²) in [4.78, 5) is 11.7. The van der Waals surface area contributed by atoms with Crippen molar-refractivity contribution in [3.05, 3.63) is 54.1 Å². The Kier molecular flexibility index (Phi) is 3.85. The minimum absolute atomic E-state index is 0.125. The number of benzene rings is 4. The maximum absolute atomic E-state index is 12.0. The maximum Gasteiger partial charge on any atom is 0.338 e. The fraction of sp³-hybridized carbons (Fsp3) is 0.0952. The van der Waals surface area contributed by atoms with Gasteiger partial charge in [0.05, 0.1) is 4.90 Å². The topological polar surface area (TPSA) is 104 Å². The second-order valence-corrected chi connectivity index (χ2v) is 8.13. The average Bonchev–Trinajstić information content (AvgIpc) is 2.61. The Morgan fingerprint density at radius 2 is 1.61 bits per heavy atom. The van der Waals surface area contributed by atoms with E-state index in [9.17, 15) is 22.9 Å². The first-order chi connectivity index (χ1) is 13.1. The van der Waals surface area contributed by atoms with Gasteiger partial charge in [-0.25, -0.2) is 13.2 Å². The van der Waals surface area contributed by atoms with Crippen LogP contribution in [0.2, 0.25) is 0 Å². The number of hydrogen-bond acceptors (Lipinski definition) is 6. The van der Waals surface area contributed by atoms with Crippen molar-refractivity contribution in [3.63, 3.8) is 0 Å². The van der Waals surface area contributed by atoms with Gasteiger partial charge >= 0.3 is 5.97 Å². The van der Waals surface area contributed by atoms with Crippen LogP contribution >= 0.6 is 0 Å². The van der Waals surface area contributed by atoms with Crippen LogP contribution in [-0.4, -0.2) is 24.0 Å². The highest BCUT2D eigenvalue weighted by Crippen LogP contribution is 2.45. The molecule has 4 aromatic rings. The number of phenolic OH excluding ortho intramolecular Hbond substituents is 1. The molecular formula is C21H15O6S-. The minimum atomic E-state index is -4.71. The molecule has 142 valence electrons. The fourth-order valence-electron chi connectivity index (χ4n) is 3.56. The van der Waals surface area contributed by atoms with Crippen molar-refractivity contribution in [2.24, 2.45) is 0 Å². The molecule has 0 amide bonds. The van der Waals surface area contributed by atoms with Crippen molar-refractivity contribution in [1.29, 1.82) is 0 Å². The van der Waals surface area contributed by atoms with Gasteiger partial charge in [-0.15, -0.1) is 0 Å². The smallest absolute Gasteiger partial charge is 0.338 e. The number of hydrogen-bond donors (Lipinski definition) is 1. The number of carbonyl (C=O) groups is 1. The van der Waals surface area contributed by atoms with E-state index >= 15 is 0 Å². The first kappa shape index (κ1) is 18.2. The lowest BCUT2D eigenvalue weighted by molar-refractivity contribution is -0.129. The molecule has 0 aromatic heterocycles. The van der Waals surface area contributed by atoms with Gasteiger partial charge in [0.2, 0.25) is 0 Å². The van der Waals surface area contributed by atoms with Crippen molar-refractivity contribution in [2.45, 2.75) is 18.7 Å². The van der Waals surface area contributed by atoms with E-state index in [-0.39, 0.29) is 27.4 Å². The third-order valence-electron chi connectivity index (χ3n) is 4.83. The number of esters is 1. The number of aryl methyl sites for hydroxylation is 1. The third kappa shape index (κ3) is 2.59. The Balaban J connectivity index is 2.22. The van der Waals surface area contributed by atoms with E-state index in [0.29, 0.717) is 27.1 Å². The maximum atomic E-state index is 12.0. The number of carbonyl (C=O) groups excluding carboxylic acids is 1. The molecule has 0 aliphatic carbocycles. The van der Waals surface area contributed by atoms with Crippen LogP contribution in [-0.2, 0) is 14.9 Å². The Labute approximate surface area is 160 Å². The van der Waals surface area contributed by atoms with Gasteiger partial charge in [0.15, 0.2) is 0 Å². The monoisotopic (exact) mass is 395 g/mol. The molecule has 0 heterocycles. The van der Waals surface area contributed by atoms with Gasteiger partial charge in [-0.1, -0.05) is 18.7 Å². The first-order valence-electron chi connectivity index (χ1n) is 8.37. The number of phenols is 1. The van der Waals surface area contributed by atoms with Crippen molar-refractivity contribution in [3.8, 4) is 11.5 Å². The van der Waals surface area contributed by atoms with E-state index in [1.165, 1.54) is 25.1 Å². The predicted molar refractivity (Wildman–Crippen MR) is 105 cm³/mol. The van der Waals surface area contributed by atoms with Crippen LogP contribution < -0.4 is 4.74 Å². The van der Waals surface area contributed by atoms with Gasteiger partial charge in [0.25, 0.3) is 0 Å². The predicted octanol–water partition coefficient (Wildman–Crippen LogP) is 3.98. The lowest BCUT2D eigenvalue weighted by Crippen LogP contribution is -2.08. The second-order valence-electron chi connectivity index (χ2n) is 6.78. The number of rotatable bonds is 3. The Morgan fingerprint density at radius 1 is 1.04 bits per heavy atom. The molecule has 28 heavy (non-hydrogen) atoms. The molecule has 0 atom stereocenters. The zero-order valence-electron chi connectivity index (χ0n) is 15.1. The van der Waals surface area contributed by atoms with Crippen molar-refractivity contribution in [1.82, 2.24) is 0 Å². The van der Waals surface area contributed by atoms with Gasteiger partial charge < -0.3 is 14.4 Å². The number of aromatic hydroxyl groups is 1. The Bertz CT molecular complexity index is 1420. The van der Waals surface area contributed by atoms with E-state index in [1.807, 2.05) is 0 Å². The summed E-state index contributed by atoms with van der Waals surface area (Å²) in [5, 5.41) is 13.5. The summed E-state index contributed by atoms with van der Waals surface area (Å²) >= 11 is 0. The fourth-order valence-corrected chi connectivity index (χ4v) is 4.32. The summed E-state index contributed by atoms with van der Waals surface area (Å²) in [7, 11) is -4.71. The molecule has 0 aliphatic rings. The SMILES string of the molecule is C=C(C)C(=O)Oc1cc(O)c2ccc3c(C)cc(S(=O)(=O)[O-])c4ccc1c2c34. The van der Waals surface area contributed by atoms with Crippen LogP contribution in [0.15, 0.2) is 53.4 Å². The van der Waals surface area contributed by atoms with Crippen molar-refractivity contribution in [2.75, 3.05) is 0 Å². The zero-order valence-corrected chi connectivity index (χ0v) is 15.9. The molecule has 4 rings (SSSR count). The molecule has 0 bridgehead atoms. The quantitative estimate of drug-likeness (QED) is 0.185. The summed E-state index contributed by atoms with van der Waals surface area (Å²) in [5.41, 5.74) is 0.806. The van der Waals surface area contributed by atoms with Crippen LogP contribution in [0.4, 0.5) is 0 Å². The molecule has 0 radical (unpaired) electrons. The molecule has 4 aromatic carbocycles. The minimum Gasteiger partial charge on any atom is -0.744 e. The molecule has 0 unspecified atom stereocenters. The van der Waals surface area contributed by atoms with E-state index in [1.54, 1.807) is 25.1 Å². The Hall–Kier alpha value is -3.16. The van der Waals surface area contributed by atoms with Crippen LogP contribution in [0.3, 0.4) is 0 Å². The first-order valence-corrected chi connectivity index (χ1v) is 9.78. The number of ether oxygens (including phenoxy) is 1. The van der Waals surface area contributed by atoms with Crippen molar-refractivity contribution < 1.29 is 27.6 Å². The summed E-state index contributed by atoms with van der Waals surface area (Å²) < 4.78 is 40.8. The van der Waals surface area contributed by atoms with Gasteiger partial charge in [-0.05, 0) is 48.4 Å². The van der Waals surface area contributed by atoms with Gasteiger partial charge in [-0.3, -0.25) is 0 Å². The molecule has 0 saturated heterocycles. The highest BCUT2D eigenvalue weighted by molar-refractivity contribution is 7.86. The van der Waals surface area contributed by atoms with E-state index < -0.39 is 16.1 Å². The van der Waals surface area contributed by atoms with E-state index in [4.69, 9.17) is 4.74 Å². The zero-order chi connectivity index (χ0) is 20.4. The van der Waals surface area contributed by atoms with Crippen LogP contribution in [0.25, 0.3) is 32.3 Å². The molecule has 1 N–H and O–H groups in total. The molecule has 0 spiro atoms. The summed E-state index contributed by atoms with van der Waals surface area (Å²) in [6.07, 6.45) is 0. The molecule has 0 fully saturated rings. The standard InChI is InChI=1S/C21H16O6S/c1-10(2)21(23)27-17-9-16(22)13-5-4-12-11(3)8-18(28(24,25)26)15-7-6-14(17)20(13)19(12)15/h4-9,22H,1H2,2-3H3,(H,24,25,26)/p-1. The summed E-state index contributed by atoms with van der Waals surface area (Å²) in [6.45, 7) is 6.76. The van der Waals surface area contributed by atoms with Gasteiger partial charge in [0, 0.05) is 33.2 Å². The molecule has 0 saturated carbocycles. The highest BCUT2D eigenvalue weighted by atomic mass is 32.2. The largest absolute Gasteiger partial charge is 0.744 e. The molecule has 7 heteroatoms. The molecule has 0 aliphatic heterocycles. The van der Waals surface area contributed by atoms with Crippen LogP contribution in [0.5, 0.6) is 11.5 Å². The summed E-state index contributed by atoms with van der Waals surface area (Å²) in [6, 6.07) is 9.26. The van der Waals surface area contributed by atoms with E-state index in [2.05, 4.69) is 6.58 Å². The van der Waals surface area contributed by atoms with Gasteiger partial charge in [-0.2, -0.15) is 0 Å². The lowest BCUT2D eigenvalue weighted by atomic mass is 9.91. The van der Waals surface area contributed by atoms with Crippen LogP contribution in [0, 0.1) is 6.92 Å². The summed E-state index contributed by atoms with van der Waals surface area (Å²) in [5.74, 6) is -0.645. The molecule has 6 nitrogen and oxygen atoms in total. The Morgan fingerprint density at radius 3 is 2.25 bits per heavy atom. The molecular weight excluding hydrogens is 380 g/mol. The van der Waals surface area contributed by atoms with Crippen LogP contribution in [0.1, 0.15) is 12.5 Å². The van der Waals surface area contributed by atoms with E-state index in [0.717, 1.165) is 5.39 Å². The second kappa shape index (κ2) is 5.92. The average molecular weight is 395 g/mol. The van der Waals surface area contributed by atoms with Gasteiger partial charge in [0.1, 0.15) is 21.6 Å². The lowest BCUT2D eigenvalue weighted by Gasteiger charge is -2.19.